The van der Waals surface area contributed by atoms with Crippen molar-refractivity contribution in [2.24, 2.45) is 0 Å². The van der Waals surface area contributed by atoms with Crippen LogP contribution in [0.1, 0.15) is 16.7 Å². The van der Waals surface area contributed by atoms with Gasteiger partial charge >= 0.3 is 0 Å². The zero-order valence-electron chi connectivity index (χ0n) is 10.5. The van der Waals surface area contributed by atoms with Crippen molar-refractivity contribution in [3.8, 4) is 5.75 Å². The van der Waals surface area contributed by atoms with E-state index in [9.17, 15) is 4.39 Å². The van der Waals surface area contributed by atoms with E-state index in [1.165, 1.54) is 15.8 Å². The Balaban J connectivity index is 2.05. The van der Waals surface area contributed by atoms with Gasteiger partial charge in [0.15, 0.2) is 0 Å². The van der Waals surface area contributed by atoms with E-state index in [0.29, 0.717) is 18.0 Å². The zero-order chi connectivity index (χ0) is 13.0. The van der Waals surface area contributed by atoms with E-state index < -0.39 is 0 Å². The third-order valence-electron chi connectivity index (χ3n) is 2.69. The van der Waals surface area contributed by atoms with Gasteiger partial charge in [-0.2, -0.15) is 0 Å². The Morgan fingerprint density at radius 3 is 2.67 bits per heavy atom. The van der Waals surface area contributed by atoms with Gasteiger partial charge in [-0.3, -0.25) is 0 Å². The predicted octanol–water partition coefficient (Wildman–Crippen LogP) is 4.07. The van der Waals surface area contributed by atoms with Gasteiger partial charge in [-0.15, -0.1) is 11.3 Å². The summed E-state index contributed by atoms with van der Waals surface area (Å²) in [5, 5.41) is 3.10. The van der Waals surface area contributed by atoms with E-state index in [1.807, 2.05) is 0 Å². The van der Waals surface area contributed by atoms with Crippen molar-refractivity contribution in [2.75, 3.05) is 12.4 Å². The molecule has 0 radical (unpaired) electrons. The summed E-state index contributed by atoms with van der Waals surface area (Å²) in [6.07, 6.45) is 1.04. The first-order valence-electron chi connectivity index (χ1n) is 5.88. The van der Waals surface area contributed by atoms with Gasteiger partial charge in [0.1, 0.15) is 11.6 Å². The summed E-state index contributed by atoms with van der Waals surface area (Å²) in [4.78, 5) is 2.55. The summed E-state index contributed by atoms with van der Waals surface area (Å²) in [6.45, 7) is 2.76. The van der Waals surface area contributed by atoms with Crippen LogP contribution in [0.25, 0.3) is 0 Å². The number of rotatable bonds is 5. The van der Waals surface area contributed by atoms with Crippen molar-refractivity contribution in [1.82, 2.24) is 0 Å². The third kappa shape index (κ3) is 3.01. The second kappa shape index (κ2) is 5.87. The first-order chi connectivity index (χ1) is 8.72. The van der Waals surface area contributed by atoms with E-state index in [4.69, 9.17) is 4.74 Å². The van der Waals surface area contributed by atoms with Crippen LogP contribution in [0.3, 0.4) is 0 Å². The van der Waals surface area contributed by atoms with Gasteiger partial charge in [0, 0.05) is 22.4 Å². The number of hydrogen-bond donors (Lipinski definition) is 1. The average Bonchev–Trinajstić information content (AvgIpc) is 2.86. The highest BCUT2D eigenvalue weighted by Gasteiger charge is 2.04. The number of hydrogen-bond acceptors (Lipinski definition) is 3. The molecule has 0 spiro atoms. The molecule has 0 aliphatic heterocycles. The molecule has 0 atom stereocenters. The molecular formula is C14H16FNOS. The number of ether oxygens (including phenoxy) is 1. The standard InChI is InChI=1S/C14H16FNOS/c1-3-11-5-6-12(18-11)9-16-14-8-10(17-2)4-7-13(14)15/h4-8,16H,3,9H2,1-2H3. The number of halogens is 1. The Kier molecular flexibility index (Phi) is 4.20. The summed E-state index contributed by atoms with van der Waals surface area (Å²) in [7, 11) is 1.57. The monoisotopic (exact) mass is 265 g/mol. The van der Waals surface area contributed by atoms with Gasteiger partial charge in [0.25, 0.3) is 0 Å². The molecule has 0 fully saturated rings. The van der Waals surface area contributed by atoms with Crippen LogP contribution in [0.15, 0.2) is 30.3 Å². The van der Waals surface area contributed by atoms with Crippen LogP contribution in [0.4, 0.5) is 10.1 Å². The van der Waals surface area contributed by atoms with Gasteiger partial charge < -0.3 is 10.1 Å². The molecule has 0 saturated carbocycles. The van der Waals surface area contributed by atoms with Crippen LogP contribution in [-0.2, 0) is 13.0 Å². The maximum absolute atomic E-state index is 13.6. The number of methoxy groups -OCH3 is 1. The summed E-state index contributed by atoms with van der Waals surface area (Å²) in [5.74, 6) is 0.391. The topological polar surface area (TPSA) is 21.3 Å². The minimum Gasteiger partial charge on any atom is -0.497 e. The predicted molar refractivity (Wildman–Crippen MR) is 74.0 cm³/mol. The van der Waals surface area contributed by atoms with Crippen LogP contribution in [0.2, 0.25) is 0 Å². The summed E-state index contributed by atoms with van der Waals surface area (Å²) < 4.78 is 18.6. The molecule has 1 aromatic carbocycles. The first kappa shape index (κ1) is 12.9. The maximum Gasteiger partial charge on any atom is 0.146 e. The second-order valence-corrected chi connectivity index (χ2v) is 5.17. The Hall–Kier alpha value is -1.55. The van der Waals surface area contributed by atoms with E-state index >= 15 is 0 Å². The van der Waals surface area contributed by atoms with E-state index in [2.05, 4.69) is 24.4 Å². The van der Waals surface area contributed by atoms with Gasteiger partial charge in [-0.25, -0.2) is 4.39 Å². The minimum atomic E-state index is -0.261. The number of benzene rings is 1. The molecule has 2 aromatic rings. The van der Waals surface area contributed by atoms with E-state index in [-0.39, 0.29) is 5.82 Å². The van der Waals surface area contributed by atoms with Crippen molar-refractivity contribution in [1.29, 1.82) is 0 Å². The highest BCUT2D eigenvalue weighted by Crippen LogP contribution is 2.23. The van der Waals surface area contributed by atoms with Crippen molar-refractivity contribution >= 4 is 17.0 Å². The van der Waals surface area contributed by atoms with Gasteiger partial charge in [-0.1, -0.05) is 6.92 Å². The highest BCUT2D eigenvalue weighted by atomic mass is 32.1. The minimum absolute atomic E-state index is 0.261. The Bertz CT molecular complexity index is 524. The molecule has 18 heavy (non-hydrogen) atoms. The molecule has 0 saturated heterocycles. The van der Waals surface area contributed by atoms with Crippen LogP contribution in [-0.4, -0.2) is 7.11 Å². The first-order valence-corrected chi connectivity index (χ1v) is 6.69. The Morgan fingerprint density at radius 1 is 1.22 bits per heavy atom. The molecule has 4 heteroatoms. The lowest BCUT2D eigenvalue weighted by Crippen LogP contribution is -2.00. The van der Waals surface area contributed by atoms with Gasteiger partial charge in [0.2, 0.25) is 0 Å². The lowest BCUT2D eigenvalue weighted by molar-refractivity contribution is 0.414. The highest BCUT2D eigenvalue weighted by molar-refractivity contribution is 7.12. The number of thiophene rings is 1. The molecule has 1 heterocycles. The van der Waals surface area contributed by atoms with Gasteiger partial charge in [0.05, 0.1) is 12.8 Å². The van der Waals surface area contributed by atoms with Crippen LogP contribution in [0.5, 0.6) is 5.75 Å². The Labute approximate surface area is 110 Å². The summed E-state index contributed by atoms with van der Waals surface area (Å²) >= 11 is 1.75. The molecule has 2 nitrogen and oxygen atoms in total. The van der Waals surface area contributed by atoms with Crippen molar-refractivity contribution in [2.45, 2.75) is 19.9 Å². The molecule has 96 valence electrons. The Morgan fingerprint density at radius 2 is 2.00 bits per heavy atom. The van der Waals surface area contributed by atoms with Gasteiger partial charge in [-0.05, 0) is 30.7 Å². The van der Waals surface area contributed by atoms with E-state index in [0.717, 1.165) is 6.42 Å². The average molecular weight is 265 g/mol. The molecule has 2 rings (SSSR count). The molecule has 0 aliphatic rings. The molecular weight excluding hydrogens is 249 g/mol. The molecule has 0 unspecified atom stereocenters. The molecule has 0 aliphatic carbocycles. The smallest absolute Gasteiger partial charge is 0.146 e. The fraction of sp³-hybridized carbons (Fsp3) is 0.286. The van der Waals surface area contributed by atoms with Crippen LogP contribution in [0, 0.1) is 5.82 Å². The molecule has 0 amide bonds. The van der Waals surface area contributed by atoms with Crippen LogP contribution < -0.4 is 10.1 Å². The second-order valence-electron chi connectivity index (χ2n) is 3.92. The van der Waals surface area contributed by atoms with E-state index in [1.54, 1.807) is 30.6 Å². The van der Waals surface area contributed by atoms with Crippen molar-refractivity contribution in [3.05, 3.63) is 45.9 Å². The normalized spacial score (nSPS) is 10.4. The van der Waals surface area contributed by atoms with Crippen LogP contribution >= 0.6 is 11.3 Å². The molecule has 1 aromatic heterocycles. The van der Waals surface area contributed by atoms with Crippen molar-refractivity contribution < 1.29 is 9.13 Å². The summed E-state index contributed by atoms with van der Waals surface area (Å²) in [5.41, 5.74) is 0.473. The SMILES string of the molecule is CCc1ccc(CNc2cc(OC)ccc2F)s1. The van der Waals surface area contributed by atoms with Crippen molar-refractivity contribution in [3.63, 3.8) is 0 Å². The fourth-order valence-corrected chi connectivity index (χ4v) is 2.55. The lowest BCUT2D eigenvalue weighted by Gasteiger charge is -2.08. The maximum atomic E-state index is 13.6. The lowest BCUT2D eigenvalue weighted by atomic mass is 10.3. The number of nitrogens with one attached hydrogen (secondary N) is 1. The fourth-order valence-electron chi connectivity index (χ4n) is 1.66. The molecule has 0 bridgehead atoms. The third-order valence-corrected chi connectivity index (χ3v) is 3.92. The molecule has 1 N–H and O–H groups in total. The number of aryl methyl sites for hydroxylation is 1. The quantitative estimate of drug-likeness (QED) is 0.880. The largest absolute Gasteiger partial charge is 0.497 e. The zero-order valence-corrected chi connectivity index (χ0v) is 11.3. The summed E-state index contributed by atoms with van der Waals surface area (Å²) in [6, 6.07) is 8.88. The number of anilines is 1.